The zero-order chi connectivity index (χ0) is 14.3. The number of carbonyl (C=O) groups excluding carboxylic acids is 1. The summed E-state index contributed by atoms with van der Waals surface area (Å²) in [6.07, 6.45) is 1.77. The number of hydrogen-bond donors (Lipinski definition) is 1. The molecule has 0 aliphatic heterocycles. The standard InChI is InChI=1S/C15H21NO3/c1-4-14(18-11-15(3,16)10-17)12(2)19-13-8-6-5-7-9-13/h4-10,12,14H,1,11,16H2,2-3H3/t12-,14+,15-/m0/s1. The molecule has 4 nitrogen and oxygen atoms in total. The molecule has 0 saturated heterocycles. The van der Waals surface area contributed by atoms with E-state index in [1.54, 1.807) is 13.0 Å². The summed E-state index contributed by atoms with van der Waals surface area (Å²) < 4.78 is 11.3. The van der Waals surface area contributed by atoms with Gasteiger partial charge in [0.25, 0.3) is 0 Å². The smallest absolute Gasteiger partial charge is 0.141 e. The normalized spacial score (nSPS) is 17.0. The van der Waals surface area contributed by atoms with Crippen molar-refractivity contribution < 1.29 is 14.3 Å². The Bertz CT molecular complexity index is 403. The lowest BCUT2D eigenvalue weighted by molar-refractivity contribution is -0.115. The third kappa shape index (κ3) is 5.24. The second-order valence-corrected chi connectivity index (χ2v) is 4.77. The molecule has 0 aliphatic carbocycles. The molecule has 3 atom stereocenters. The van der Waals surface area contributed by atoms with Gasteiger partial charge in [0.2, 0.25) is 0 Å². The maximum Gasteiger partial charge on any atom is 0.141 e. The van der Waals surface area contributed by atoms with E-state index in [0.29, 0.717) is 6.29 Å². The van der Waals surface area contributed by atoms with Crippen LogP contribution in [0.3, 0.4) is 0 Å². The molecule has 0 spiro atoms. The van der Waals surface area contributed by atoms with Gasteiger partial charge in [-0.2, -0.15) is 0 Å². The average Bonchev–Trinajstić information content (AvgIpc) is 2.40. The number of carbonyl (C=O) groups is 1. The number of para-hydroxylation sites is 1. The first kappa shape index (κ1) is 15.4. The molecule has 0 heterocycles. The molecule has 0 aliphatic rings. The predicted molar refractivity (Wildman–Crippen MR) is 75.1 cm³/mol. The van der Waals surface area contributed by atoms with Gasteiger partial charge in [-0.1, -0.05) is 24.3 Å². The Kier molecular flexibility index (Phi) is 5.73. The van der Waals surface area contributed by atoms with E-state index in [9.17, 15) is 4.79 Å². The Hall–Kier alpha value is -1.65. The molecule has 0 unspecified atom stereocenters. The van der Waals surface area contributed by atoms with Crippen LogP contribution in [0.2, 0.25) is 0 Å². The number of aldehydes is 1. The fourth-order valence-electron chi connectivity index (χ4n) is 1.49. The fraction of sp³-hybridized carbons (Fsp3) is 0.400. The Morgan fingerprint density at radius 3 is 2.58 bits per heavy atom. The third-order valence-electron chi connectivity index (χ3n) is 2.62. The Labute approximate surface area is 114 Å². The second-order valence-electron chi connectivity index (χ2n) is 4.77. The highest BCUT2D eigenvalue weighted by Gasteiger charge is 2.22. The Balaban J connectivity index is 2.55. The average molecular weight is 263 g/mol. The van der Waals surface area contributed by atoms with Gasteiger partial charge in [-0.05, 0) is 26.0 Å². The van der Waals surface area contributed by atoms with Crippen LogP contribution in [0.1, 0.15) is 13.8 Å². The van der Waals surface area contributed by atoms with Crippen LogP contribution in [-0.2, 0) is 9.53 Å². The lowest BCUT2D eigenvalue weighted by Crippen LogP contribution is -2.45. The third-order valence-corrected chi connectivity index (χ3v) is 2.62. The summed E-state index contributed by atoms with van der Waals surface area (Å²) in [7, 11) is 0. The first-order chi connectivity index (χ1) is 8.98. The van der Waals surface area contributed by atoms with Crippen molar-refractivity contribution in [2.45, 2.75) is 31.6 Å². The molecule has 19 heavy (non-hydrogen) atoms. The first-order valence-electron chi connectivity index (χ1n) is 6.19. The van der Waals surface area contributed by atoms with Gasteiger partial charge in [0, 0.05) is 0 Å². The van der Waals surface area contributed by atoms with Crippen molar-refractivity contribution in [2.75, 3.05) is 6.61 Å². The van der Waals surface area contributed by atoms with Crippen LogP contribution in [-0.4, -0.2) is 30.6 Å². The summed E-state index contributed by atoms with van der Waals surface area (Å²) in [5.41, 5.74) is 4.71. The molecule has 0 fully saturated rings. The molecule has 0 radical (unpaired) electrons. The zero-order valence-electron chi connectivity index (χ0n) is 11.4. The quantitative estimate of drug-likeness (QED) is 0.575. The van der Waals surface area contributed by atoms with E-state index >= 15 is 0 Å². The van der Waals surface area contributed by atoms with Gasteiger partial charge in [0.1, 0.15) is 24.2 Å². The SMILES string of the molecule is C=C[C@@H](OC[C@@](C)(N)C=O)[C@H](C)Oc1ccccc1. The summed E-state index contributed by atoms with van der Waals surface area (Å²) in [4.78, 5) is 10.7. The monoisotopic (exact) mass is 263 g/mol. The molecule has 0 bridgehead atoms. The van der Waals surface area contributed by atoms with Crippen LogP contribution in [0, 0.1) is 0 Å². The van der Waals surface area contributed by atoms with E-state index in [0.717, 1.165) is 5.75 Å². The van der Waals surface area contributed by atoms with Crippen LogP contribution in [0.25, 0.3) is 0 Å². The maximum absolute atomic E-state index is 10.7. The van der Waals surface area contributed by atoms with E-state index in [-0.39, 0.29) is 18.8 Å². The summed E-state index contributed by atoms with van der Waals surface area (Å²) in [5.74, 6) is 0.761. The number of nitrogens with two attached hydrogens (primary N) is 1. The van der Waals surface area contributed by atoms with Gasteiger partial charge in [-0.3, -0.25) is 0 Å². The van der Waals surface area contributed by atoms with Gasteiger partial charge < -0.3 is 20.0 Å². The van der Waals surface area contributed by atoms with E-state index in [1.807, 2.05) is 37.3 Å². The van der Waals surface area contributed by atoms with Crippen molar-refractivity contribution in [3.63, 3.8) is 0 Å². The summed E-state index contributed by atoms with van der Waals surface area (Å²) >= 11 is 0. The number of hydrogen-bond acceptors (Lipinski definition) is 4. The first-order valence-corrected chi connectivity index (χ1v) is 6.19. The molecular weight excluding hydrogens is 242 g/mol. The lowest BCUT2D eigenvalue weighted by atomic mass is 10.1. The summed E-state index contributed by atoms with van der Waals surface area (Å²) in [6, 6.07) is 9.46. The van der Waals surface area contributed by atoms with Gasteiger partial charge in [0.15, 0.2) is 0 Å². The fourth-order valence-corrected chi connectivity index (χ4v) is 1.49. The number of benzene rings is 1. The molecule has 0 aromatic heterocycles. The minimum absolute atomic E-state index is 0.121. The molecule has 1 aromatic carbocycles. The highest BCUT2D eigenvalue weighted by Crippen LogP contribution is 2.15. The molecule has 4 heteroatoms. The topological polar surface area (TPSA) is 61.5 Å². The summed E-state index contributed by atoms with van der Waals surface area (Å²) in [6.45, 7) is 7.33. The molecule has 1 rings (SSSR count). The van der Waals surface area contributed by atoms with Gasteiger partial charge in [-0.25, -0.2) is 0 Å². The van der Waals surface area contributed by atoms with E-state index in [2.05, 4.69) is 6.58 Å². The molecule has 0 amide bonds. The molecule has 2 N–H and O–H groups in total. The highest BCUT2D eigenvalue weighted by atomic mass is 16.5. The maximum atomic E-state index is 10.7. The lowest BCUT2D eigenvalue weighted by Gasteiger charge is -2.26. The zero-order valence-corrected chi connectivity index (χ0v) is 11.4. The Morgan fingerprint density at radius 2 is 2.05 bits per heavy atom. The minimum Gasteiger partial charge on any atom is -0.488 e. The summed E-state index contributed by atoms with van der Waals surface area (Å²) in [5, 5.41) is 0. The van der Waals surface area contributed by atoms with Crippen molar-refractivity contribution in [3.05, 3.63) is 43.0 Å². The Morgan fingerprint density at radius 1 is 1.42 bits per heavy atom. The van der Waals surface area contributed by atoms with Crippen LogP contribution in [0.5, 0.6) is 5.75 Å². The van der Waals surface area contributed by atoms with Crippen LogP contribution < -0.4 is 10.5 Å². The molecule has 1 aromatic rings. The van der Waals surface area contributed by atoms with E-state index < -0.39 is 5.54 Å². The van der Waals surface area contributed by atoms with E-state index in [4.69, 9.17) is 15.2 Å². The van der Waals surface area contributed by atoms with E-state index in [1.165, 1.54) is 0 Å². The van der Waals surface area contributed by atoms with Crippen molar-refractivity contribution in [1.82, 2.24) is 0 Å². The highest BCUT2D eigenvalue weighted by molar-refractivity contribution is 5.63. The van der Waals surface area contributed by atoms with Gasteiger partial charge >= 0.3 is 0 Å². The predicted octanol–water partition coefficient (Wildman–Crippen LogP) is 1.94. The minimum atomic E-state index is -0.992. The molecule has 0 saturated carbocycles. The van der Waals surface area contributed by atoms with Crippen LogP contribution in [0.4, 0.5) is 0 Å². The number of ether oxygens (including phenoxy) is 2. The van der Waals surface area contributed by atoms with Crippen LogP contribution in [0.15, 0.2) is 43.0 Å². The second kappa shape index (κ2) is 7.07. The van der Waals surface area contributed by atoms with Crippen LogP contribution >= 0.6 is 0 Å². The van der Waals surface area contributed by atoms with Gasteiger partial charge in [0.05, 0.1) is 12.1 Å². The number of rotatable bonds is 8. The van der Waals surface area contributed by atoms with Crippen molar-refractivity contribution in [2.24, 2.45) is 5.73 Å². The molecular formula is C15H21NO3. The van der Waals surface area contributed by atoms with Crippen molar-refractivity contribution in [1.29, 1.82) is 0 Å². The molecule has 104 valence electrons. The largest absolute Gasteiger partial charge is 0.488 e. The van der Waals surface area contributed by atoms with Crippen molar-refractivity contribution in [3.8, 4) is 5.75 Å². The van der Waals surface area contributed by atoms with Crippen molar-refractivity contribution >= 4 is 6.29 Å². The van der Waals surface area contributed by atoms with Gasteiger partial charge in [-0.15, -0.1) is 6.58 Å².